The number of oxazole rings is 1. The average Bonchev–Trinajstić information content (AvgIpc) is 2.95. The summed E-state index contributed by atoms with van der Waals surface area (Å²) < 4.78 is 10.8. The SMILES string of the molecule is O=C(CCOc1ccc2ncoc2c1)N1CCNCC1. The molecule has 0 radical (unpaired) electrons. The maximum atomic E-state index is 11.9. The second-order valence-corrected chi connectivity index (χ2v) is 4.71. The fraction of sp³-hybridized carbons (Fsp3) is 0.429. The lowest BCUT2D eigenvalue weighted by Crippen LogP contribution is -2.46. The van der Waals surface area contributed by atoms with Gasteiger partial charge in [0.1, 0.15) is 11.3 Å². The number of nitrogens with zero attached hydrogens (tertiary/aromatic N) is 2. The van der Waals surface area contributed by atoms with Gasteiger partial charge in [0.15, 0.2) is 12.0 Å². The van der Waals surface area contributed by atoms with E-state index in [2.05, 4.69) is 10.3 Å². The van der Waals surface area contributed by atoms with E-state index in [-0.39, 0.29) is 5.91 Å². The normalized spacial score (nSPS) is 15.5. The summed E-state index contributed by atoms with van der Waals surface area (Å²) in [5.74, 6) is 0.842. The van der Waals surface area contributed by atoms with Gasteiger partial charge in [-0.15, -0.1) is 0 Å². The number of rotatable bonds is 4. The van der Waals surface area contributed by atoms with E-state index in [1.54, 1.807) is 6.07 Å². The second kappa shape index (κ2) is 5.92. The zero-order valence-electron chi connectivity index (χ0n) is 11.2. The van der Waals surface area contributed by atoms with Crippen LogP contribution in [0.2, 0.25) is 0 Å². The quantitative estimate of drug-likeness (QED) is 0.902. The van der Waals surface area contributed by atoms with Gasteiger partial charge in [-0.2, -0.15) is 0 Å². The smallest absolute Gasteiger partial charge is 0.226 e. The highest BCUT2D eigenvalue weighted by molar-refractivity contribution is 5.76. The third kappa shape index (κ3) is 2.91. The van der Waals surface area contributed by atoms with Gasteiger partial charge < -0.3 is 19.4 Å². The van der Waals surface area contributed by atoms with Crippen LogP contribution in [0, 0.1) is 0 Å². The standard InChI is InChI=1S/C14H17N3O3/c18-14(17-6-4-15-5-7-17)3-8-19-11-1-2-12-13(9-11)20-10-16-12/h1-2,9-10,15H,3-8H2. The first-order valence-corrected chi connectivity index (χ1v) is 6.77. The van der Waals surface area contributed by atoms with Crippen LogP contribution in [0.3, 0.4) is 0 Å². The van der Waals surface area contributed by atoms with Crippen LogP contribution in [0.4, 0.5) is 0 Å². The van der Waals surface area contributed by atoms with E-state index < -0.39 is 0 Å². The Morgan fingerprint density at radius 2 is 2.25 bits per heavy atom. The first kappa shape index (κ1) is 12.9. The third-order valence-corrected chi connectivity index (χ3v) is 3.36. The molecule has 0 saturated carbocycles. The summed E-state index contributed by atoms with van der Waals surface area (Å²) in [5.41, 5.74) is 1.49. The largest absolute Gasteiger partial charge is 0.493 e. The molecule has 1 aromatic heterocycles. The molecule has 0 spiro atoms. The number of piperazine rings is 1. The molecule has 1 aliphatic rings. The highest BCUT2D eigenvalue weighted by atomic mass is 16.5. The van der Waals surface area contributed by atoms with Crippen molar-refractivity contribution in [3.05, 3.63) is 24.6 Å². The Balaban J connectivity index is 1.50. The van der Waals surface area contributed by atoms with Crippen molar-refractivity contribution in [3.8, 4) is 5.75 Å². The molecular weight excluding hydrogens is 258 g/mol. The van der Waals surface area contributed by atoms with Gasteiger partial charge in [0.25, 0.3) is 0 Å². The van der Waals surface area contributed by atoms with E-state index in [9.17, 15) is 4.79 Å². The van der Waals surface area contributed by atoms with Gasteiger partial charge in [0.05, 0.1) is 13.0 Å². The molecule has 3 rings (SSSR count). The Hall–Kier alpha value is -2.08. The molecule has 0 bridgehead atoms. The summed E-state index contributed by atoms with van der Waals surface area (Å²) in [6.07, 6.45) is 1.80. The van der Waals surface area contributed by atoms with Crippen molar-refractivity contribution in [2.75, 3.05) is 32.8 Å². The summed E-state index contributed by atoms with van der Waals surface area (Å²) in [6, 6.07) is 5.46. The van der Waals surface area contributed by atoms with E-state index in [1.165, 1.54) is 6.39 Å². The van der Waals surface area contributed by atoms with Gasteiger partial charge in [-0.25, -0.2) is 4.98 Å². The zero-order chi connectivity index (χ0) is 13.8. The van der Waals surface area contributed by atoms with Gasteiger partial charge in [-0.1, -0.05) is 0 Å². The second-order valence-electron chi connectivity index (χ2n) is 4.71. The van der Waals surface area contributed by atoms with Crippen LogP contribution < -0.4 is 10.1 Å². The van der Waals surface area contributed by atoms with Crippen LogP contribution in [-0.4, -0.2) is 48.6 Å². The van der Waals surface area contributed by atoms with Crippen LogP contribution in [0.15, 0.2) is 29.0 Å². The number of carbonyl (C=O) groups is 1. The van der Waals surface area contributed by atoms with Gasteiger partial charge in [0.2, 0.25) is 5.91 Å². The zero-order valence-corrected chi connectivity index (χ0v) is 11.2. The first-order valence-electron chi connectivity index (χ1n) is 6.77. The minimum Gasteiger partial charge on any atom is -0.493 e. The van der Waals surface area contributed by atoms with Crippen LogP contribution in [0.5, 0.6) is 5.75 Å². The van der Waals surface area contributed by atoms with Crippen molar-refractivity contribution >= 4 is 17.0 Å². The van der Waals surface area contributed by atoms with E-state index >= 15 is 0 Å². The number of benzene rings is 1. The Kier molecular flexibility index (Phi) is 3.83. The Morgan fingerprint density at radius 3 is 3.10 bits per heavy atom. The van der Waals surface area contributed by atoms with Crippen molar-refractivity contribution in [2.45, 2.75) is 6.42 Å². The average molecular weight is 275 g/mol. The Bertz CT molecular complexity index is 590. The molecule has 6 heteroatoms. The first-order chi connectivity index (χ1) is 9.83. The summed E-state index contributed by atoms with van der Waals surface area (Å²) in [4.78, 5) is 17.9. The number of hydrogen-bond acceptors (Lipinski definition) is 5. The molecule has 1 aromatic carbocycles. The summed E-state index contributed by atoms with van der Waals surface area (Å²) in [7, 11) is 0. The molecule has 1 fully saturated rings. The minimum absolute atomic E-state index is 0.146. The molecule has 1 N–H and O–H groups in total. The van der Waals surface area contributed by atoms with E-state index in [0.717, 1.165) is 31.7 Å². The molecule has 2 aromatic rings. The number of fused-ring (bicyclic) bond motifs is 1. The molecule has 0 atom stereocenters. The molecule has 2 heterocycles. The summed E-state index contributed by atoms with van der Waals surface area (Å²) >= 11 is 0. The van der Waals surface area contributed by atoms with E-state index in [0.29, 0.717) is 24.4 Å². The summed E-state index contributed by atoms with van der Waals surface area (Å²) in [5, 5.41) is 3.22. The molecule has 0 unspecified atom stereocenters. The topological polar surface area (TPSA) is 67.6 Å². The van der Waals surface area contributed by atoms with Gasteiger partial charge in [-0.05, 0) is 12.1 Å². The van der Waals surface area contributed by atoms with Crippen LogP contribution in [-0.2, 0) is 4.79 Å². The van der Waals surface area contributed by atoms with Crippen LogP contribution in [0.1, 0.15) is 6.42 Å². The molecule has 1 amide bonds. The van der Waals surface area contributed by atoms with Gasteiger partial charge >= 0.3 is 0 Å². The predicted octanol–water partition coefficient (Wildman–Crippen LogP) is 1.03. The molecular formula is C14H17N3O3. The number of amides is 1. The number of hydrogen-bond donors (Lipinski definition) is 1. The maximum Gasteiger partial charge on any atom is 0.226 e. The fourth-order valence-corrected chi connectivity index (χ4v) is 2.25. The lowest BCUT2D eigenvalue weighted by Gasteiger charge is -2.27. The van der Waals surface area contributed by atoms with Crippen LogP contribution >= 0.6 is 0 Å². The highest BCUT2D eigenvalue weighted by Gasteiger charge is 2.15. The fourth-order valence-electron chi connectivity index (χ4n) is 2.25. The predicted molar refractivity (Wildman–Crippen MR) is 73.6 cm³/mol. The Morgan fingerprint density at radius 1 is 1.40 bits per heavy atom. The van der Waals surface area contributed by atoms with Crippen molar-refractivity contribution in [2.24, 2.45) is 0 Å². The van der Waals surface area contributed by atoms with E-state index in [1.807, 2.05) is 17.0 Å². The number of carbonyl (C=O) groups excluding carboxylic acids is 1. The number of nitrogens with one attached hydrogen (secondary N) is 1. The van der Waals surface area contributed by atoms with Crippen LogP contribution in [0.25, 0.3) is 11.1 Å². The molecule has 1 aliphatic heterocycles. The molecule has 0 aliphatic carbocycles. The lowest BCUT2D eigenvalue weighted by atomic mass is 10.3. The van der Waals surface area contributed by atoms with Gasteiger partial charge in [0, 0.05) is 32.2 Å². The van der Waals surface area contributed by atoms with Gasteiger partial charge in [-0.3, -0.25) is 4.79 Å². The Labute approximate surface area is 116 Å². The van der Waals surface area contributed by atoms with Crippen molar-refractivity contribution < 1.29 is 13.9 Å². The minimum atomic E-state index is 0.146. The highest BCUT2D eigenvalue weighted by Crippen LogP contribution is 2.19. The van der Waals surface area contributed by atoms with Crippen molar-refractivity contribution in [3.63, 3.8) is 0 Å². The molecule has 1 saturated heterocycles. The maximum absolute atomic E-state index is 11.9. The lowest BCUT2D eigenvalue weighted by molar-refractivity contribution is -0.132. The summed E-state index contributed by atoms with van der Waals surface area (Å²) in [6.45, 7) is 3.68. The van der Waals surface area contributed by atoms with Crippen molar-refractivity contribution in [1.82, 2.24) is 15.2 Å². The molecule has 20 heavy (non-hydrogen) atoms. The number of aromatic nitrogens is 1. The van der Waals surface area contributed by atoms with E-state index in [4.69, 9.17) is 9.15 Å². The third-order valence-electron chi connectivity index (χ3n) is 3.36. The monoisotopic (exact) mass is 275 g/mol. The molecule has 106 valence electrons. The number of ether oxygens (including phenoxy) is 1. The molecule has 6 nitrogen and oxygen atoms in total. The van der Waals surface area contributed by atoms with Crippen molar-refractivity contribution in [1.29, 1.82) is 0 Å².